The number of hydrogen-bond acceptors (Lipinski definition) is 2. The molecule has 92 valence electrons. The van der Waals surface area contributed by atoms with Crippen LogP contribution in [0.1, 0.15) is 39.0 Å². The zero-order valence-electron chi connectivity index (χ0n) is 10.4. The molecular weight excluding hydrogens is 202 g/mol. The van der Waals surface area contributed by atoms with Gasteiger partial charge in [-0.15, -0.1) is 0 Å². The van der Waals surface area contributed by atoms with Crippen LogP contribution in [0.4, 0.5) is 0 Å². The van der Waals surface area contributed by atoms with Crippen molar-refractivity contribution in [3.63, 3.8) is 0 Å². The summed E-state index contributed by atoms with van der Waals surface area (Å²) in [6.45, 7) is 2.93. The van der Waals surface area contributed by atoms with Crippen LogP contribution < -0.4 is 0 Å². The third-order valence-corrected chi connectivity index (χ3v) is 4.61. The summed E-state index contributed by atoms with van der Waals surface area (Å²) in [4.78, 5) is 13.1. The van der Waals surface area contributed by atoms with Gasteiger partial charge in [0.15, 0.2) is 0 Å². The minimum Gasteiger partial charge on any atom is -0.480 e. The van der Waals surface area contributed by atoms with Gasteiger partial charge in [0, 0.05) is 6.54 Å². The minimum absolute atomic E-state index is 0.292. The van der Waals surface area contributed by atoms with E-state index in [0.29, 0.717) is 6.42 Å². The lowest BCUT2D eigenvalue weighted by molar-refractivity contribution is -0.143. The molecule has 3 heteroatoms. The summed E-state index contributed by atoms with van der Waals surface area (Å²) >= 11 is 0. The predicted molar refractivity (Wildman–Crippen MR) is 63.3 cm³/mol. The Kier molecular flexibility index (Phi) is 3.53. The highest BCUT2D eigenvalue weighted by Crippen LogP contribution is 2.48. The van der Waals surface area contributed by atoms with Gasteiger partial charge in [-0.25, -0.2) is 0 Å². The average Bonchev–Trinajstić information content (AvgIpc) is 2.79. The lowest BCUT2D eigenvalue weighted by Crippen LogP contribution is -2.41. The van der Waals surface area contributed by atoms with Gasteiger partial charge in [-0.2, -0.15) is 0 Å². The monoisotopic (exact) mass is 225 g/mol. The molecular formula is C13H23NO2. The zero-order valence-corrected chi connectivity index (χ0v) is 10.4. The van der Waals surface area contributed by atoms with Crippen molar-refractivity contribution in [2.24, 2.45) is 17.8 Å². The topological polar surface area (TPSA) is 40.5 Å². The predicted octanol–water partition coefficient (Wildman–Crippen LogP) is 2.22. The second kappa shape index (κ2) is 4.74. The van der Waals surface area contributed by atoms with E-state index in [1.165, 1.54) is 25.7 Å². The summed E-state index contributed by atoms with van der Waals surface area (Å²) in [6.07, 6.45) is 6.24. The fourth-order valence-corrected chi connectivity index (χ4v) is 3.77. The highest BCUT2D eigenvalue weighted by molar-refractivity contribution is 5.73. The van der Waals surface area contributed by atoms with E-state index in [4.69, 9.17) is 5.11 Å². The molecule has 0 spiro atoms. The van der Waals surface area contributed by atoms with E-state index in [-0.39, 0.29) is 6.04 Å². The van der Waals surface area contributed by atoms with Crippen LogP contribution in [0, 0.1) is 17.8 Å². The first-order valence-electron chi connectivity index (χ1n) is 6.54. The summed E-state index contributed by atoms with van der Waals surface area (Å²) in [6, 6.07) is -0.292. The molecule has 2 saturated carbocycles. The first-order valence-corrected chi connectivity index (χ1v) is 6.54. The van der Waals surface area contributed by atoms with Gasteiger partial charge in [-0.3, -0.25) is 9.69 Å². The molecule has 1 N–H and O–H groups in total. The van der Waals surface area contributed by atoms with Crippen LogP contribution in [0.25, 0.3) is 0 Å². The molecule has 0 aromatic heterocycles. The van der Waals surface area contributed by atoms with E-state index in [9.17, 15) is 4.79 Å². The van der Waals surface area contributed by atoms with Crippen molar-refractivity contribution in [1.82, 2.24) is 4.90 Å². The van der Waals surface area contributed by atoms with Crippen molar-refractivity contribution in [2.45, 2.75) is 45.1 Å². The number of aliphatic carboxylic acids is 1. The summed E-state index contributed by atoms with van der Waals surface area (Å²) in [7, 11) is 1.97. The molecule has 4 unspecified atom stereocenters. The van der Waals surface area contributed by atoms with Crippen LogP contribution in [0.2, 0.25) is 0 Å². The molecule has 0 radical (unpaired) electrons. The highest BCUT2D eigenvalue weighted by atomic mass is 16.4. The molecule has 0 saturated heterocycles. The van der Waals surface area contributed by atoms with Gasteiger partial charge in [0.2, 0.25) is 0 Å². The van der Waals surface area contributed by atoms with Gasteiger partial charge < -0.3 is 5.11 Å². The Labute approximate surface area is 97.8 Å². The Morgan fingerprint density at radius 3 is 2.62 bits per heavy atom. The summed E-state index contributed by atoms with van der Waals surface area (Å²) in [5.74, 6) is 1.93. The number of carboxylic acid groups (broad SMARTS) is 1. The second-order valence-electron chi connectivity index (χ2n) is 5.64. The first kappa shape index (κ1) is 11.9. The fourth-order valence-electron chi connectivity index (χ4n) is 3.77. The van der Waals surface area contributed by atoms with E-state index in [2.05, 4.69) is 0 Å². The minimum atomic E-state index is -0.673. The molecule has 0 aromatic rings. The molecule has 0 heterocycles. The Morgan fingerprint density at radius 1 is 1.44 bits per heavy atom. The van der Waals surface area contributed by atoms with Crippen molar-refractivity contribution in [2.75, 3.05) is 13.6 Å². The largest absolute Gasteiger partial charge is 0.480 e. The van der Waals surface area contributed by atoms with Crippen molar-refractivity contribution < 1.29 is 9.90 Å². The van der Waals surface area contributed by atoms with Gasteiger partial charge >= 0.3 is 5.97 Å². The highest BCUT2D eigenvalue weighted by Gasteiger charge is 2.40. The normalized spacial score (nSPS) is 34.6. The maximum Gasteiger partial charge on any atom is 0.320 e. The third-order valence-electron chi connectivity index (χ3n) is 4.61. The fraction of sp³-hybridized carbons (Fsp3) is 0.923. The van der Waals surface area contributed by atoms with Gasteiger partial charge in [0.05, 0.1) is 0 Å². The van der Waals surface area contributed by atoms with Crippen molar-refractivity contribution in [3.8, 4) is 0 Å². The van der Waals surface area contributed by atoms with Gasteiger partial charge in [-0.1, -0.05) is 13.3 Å². The maximum absolute atomic E-state index is 11.1. The standard InChI is InChI=1S/C13H23NO2/c1-3-12(13(15)16)14(2)8-11-7-9-4-5-10(11)6-9/h9-12H,3-8H2,1-2H3,(H,15,16). The van der Waals surface area contributed by atoms with Crippen molar-refractivity contribution >= 4 is 5.97 Å². The average molecular weight is 225 g/mol. The molecule has 0 aromatic carbocycles. The van der Waals surface area contributed by atoms with Crippen LogP contribution in [0.5, 0.6) is 0 Å². The molecule has 2 aliphatic rings. The molecule has 3 nitrogen and oxygen atoms in total. The Hall–Kier alpha value is -0.570. The van der Waals surface area contributed by atoms with E-state index in [1.807, 2.05) is 18.9 Å². The number of likely N-dealkylation sites (N-methyl/N-ethyl adjacent to an activating group) is 1. The van der Waals surface area contributed by atoms with Crippen LogP contribution in [-0.2, 0) is 4.79 Å². The molecule has 0 amide bonds. The van der Waals surface area contributed by atoms with Crippen molar-refractivity contribution in [3.05, 3.63) is 0 Å². The van der Waals surface area contributed by atoms with E-state index in [0.717, 1.165) is 24.3 Å². The molecule has 2 bridgehead atoms. The Balaban J connectivity index is 1.87. The summed E-state index contributed by atoms with van der Waals surface area (Å²) < 4.78 is 0. The van der Waals surface area contributed by atoms with Crippen molar-refractivity contribution in [1.29, 1.82) is 0 Å². The molecule has 4 atom stereocenters. The number of rotatable bonds is 5. The van der Waals surface area contributed by atoms with Crippen LogP contribution in [0.15, 0.2) is 0 Å². The lowest BCUT2D eigenvalue weighted by atomic mass is 9.88. The first-order chi connectivity index (χ1) is 7.61. The molecule has 2 rings (SSSR count). The number of fused-ring (bicyclic) bond motifs is 2. The summed E-state index contributed by atoms with van der Waals surface area (Å²) in [5.41, 5.74) is 0. The van der Waals surface area contributed by atoms with Gasteiger partial charge in [0.1, 0.15) is 6.04 Å². The summed E-state index contributed by atoms with van der Waals surface area (Å²) in [5, 5.41) is 9.11. The lowest BCUT2D eigenvalue weighted by Gasteiger charge is -2.30. The second-order valence-corrected chi connectivity index (χ2v) is 5.64. The maximum atomic E-state index is 11.1. The third kappa shape index (κ3) is 2.24. The Morgan fingerprint density at radius 2 is 2.19 bits per heavy atom. The number of hydrogen-bond donors (Lipinski definition) is 1. The molecule has 2 aliphatic carbocycles. The van der Waals surface area contributed by atoms with Gasteiger partial charge in [0.25, 0.3) is 0 Å². The number of nitrogens with zero attached hydrogens (tertiary/aromatic N) is 1. The Bertz CT molecular complexity index is 267. The van der Waals surface area contributed by atoms with E-state index in [1.54, 1.807) is 0 Å². The van der Waals surface area contributed by atoms with E-state index < -0.39 is 5.97 Å². The van der Waals surface area contributed by atoms with E-state index >= 15 is 0 Å². The zero-order chi connectivity index (χ0) is 11.7. The molecule has 2 fully saturated rings. The van der Waals surface area contributed by atoms with Crippen LogP contribution in [0.3, 0.4) is 0 Å². The number of carbonyl (C=O) groups is 1. The van der Waals surface area contributed by atoms with Crippen LogP contribution in [-0.4, -0.2) is 35.6 Å². The van der Waals surface area contributed by atoms with Gasteiger partial charge in [-0.05, 0) is 50.5 Å². The van der Waals surface area contributed by atoms with Crippen LogP contribution >= 0.6 is 0 Å². The number of carboxylic acids is 1. The SMILES string of the molecule is CCC(C(=O)O)N(C)CC1CC2CCC1C2. The smallest absolute Gasteiger partial charge is 0.320 e. The molecule has 0 aliphatic heterocycles. The molecule has 16 heavy (non-hydrogen) atoms. The quantitative estimate of drug-likeness (QED) is 0.780.